The van der Waals surface area contributed by atoms with Crippen LogP contribution in [0.25, 0.3) is 0 Å². The SMILES string of the molecule is CCc1cc(C(C)C)cc(N2CCCC2)n1. The molecule has 1 fully saturated rings. The molecule has 88 valence electrons. The summed E-state index contributed by atoms with van der Waals surface area (Å²) < 4.78 is 0. The predicted molar refractivity (Wildman–Crippen MR) is 69.2 cm³/mol. The van der Waals surface area contributed by atoms with Crippen LogP contribution in [0.4, 0.5) is 5.82 Å². The summed E-state index contributed by atoms with van der Waals surface area (Å²) in [6.45, 7) is 9.04. The minimum Gasteiger partial charge on any atom is -0.357 e. The summed E-state index contributed by atoms with van der Waals surface area (Å²) in [6.07, 6.45) is 3.66. The fraction of sp³-hybridized carbons (Fsp3) is 0.643. The van der Waals surface area contributed by atoms with Crippen molar-refractivity contribution in [3.63, 3.8) is 0 Å². The molecule has 0 saturated carbocycles. The van der Waals surface area contributed by atoms with Crippen molar-refractivity contribution in [3.8, 4) is 0 Å². The molecule has 0 unspecified atom stereocenters. The lowest BCUT2D eigenvalue weighted by atomic mass is 10.0. The standard InChI is InChI=1S/C14H22N2/c1-4-13-9-12(11(2)3)10-14(15-13)16-7-5-6-8-16/h9-11H,4-8H2,1-3H3. The zero-order valence-electron chi connectivity index (χ0n) is 10.7. The minimum absolute atomic E-state index is 0.592. The summed E-state index contributed by atoms with van der Waals surface area (Å²) in [5.74, 6) is 1.79. The van der Waals surface area contributed by atoms with Gasteiger partial charge >= 0.3 is 0 Å². The Hall–Kier alpha value is -1.05. The van der Waals surface area contributed by atoms with Crippen LogP contribution in [0, 0.1) is 0 Å². The zero-order valence-corrected chi connectivity index (χ0v) is 10.7. The van der Waals surface area contributed by atoms with Gasteiger partial charge in [-0.25, -0.2) is 4.98 Å². The average Bonchev–Trinajstić information content (AvgIpc) is 2.81. The third-order valence-electron chi connectivity index (χ3n) is 3.35. The van der Waals surface area contributed by atoms with Gasteiger partial charge in [-0.15, -0.1) is 0 Å². The second-order valence-corrected chi connectivity index (χ2v) is 4.95. The Morgan fingerprint density at radius 3 is 2.50 bits per heavy atom. The summed E-state index contributed by atoms with van der Waals surface area (Å²) in [5.41, 5.74) is 2.65. The maximum absolute atomic E-state index is 4.74. The number of pyridine rings is 1. The first-order chi connectivity index (χ1) is 7.70. The molecule has 0 spiro atoms. The van der Waals surface area contributed by atoms with Crippen molar-refractivity contribution < 1.29 is 0 Å². The van der Waals surface area contributed by atoms with Crippen molar-refractivity contribution in [2.24, 2.45) is 0 Å². The molecule has 2 rings (SSSR count). The number of aromatic nitrogens is 1. The Morgan fingerprint density at radius 1 is 1.25 bits per heavy atom. The van der Waals surface area contributed by atoms with E-state index in [1.165, 1.54) is 43.0 Å². The van der Waals surface area contributed by atoms with Gasteiger partial charge in [-0.1, -0.05) is 20.8 Å². The lowest BCUT2D eigenvalue weighted by Gasteiger charge is -2.19. The summed E-state index contributed by atoms with van der Waals surface area (Å²) in [7, 11) is 0. The van der Waals surface area contributed by atoms with E-state index in [0.29, 0.717) is 5.92 Å². The van der Waals surface area contributed by atoms with Crippen molar-refractivity contribution in [2.75, 3.05) is 18.0 Å². The van der Waals surface area contributed by atoms with Gasteiger partial charge in [-0.3, -0.25) is 0 Å². The first-order valence-electron chi connectivity index (χ1n) is 6.46. The molecule has 1 aromatic heterocycles. The van der Waals surface area contributed by atoms with Crippen LogP contribution in [0.2, 0.25) is 0 Å². The summed E-state index contributed by atoms with van der Waals surface area (Å²) in [6, 6.07) is 4.53. The van der Waals surface area contributed by atoms with Gasteiger partial charge in [0.15, 0.2) is 0 Å². The minimum atomic E-state index is 0.592. The van der Waals surface area contributed by atoms with E-state index in [2.05, 4.69) is 37.8 Å². The second kappa shape index (κ2) is 4.86. The van der Waals surface area contributed by atoms with Crippen LogP contribution in [0.3, 0.4) is 0 Å². The van der Waals surface area contributed by atoms with E-state index in [1.54, 1.807) is 0 Å². The molecule has 1 saturated heterocycles. The number of nitrogens with zero attached hydrogens (tertiary/aromatic N) is 2. The Balaban J connectivity index is 2.32. The Labute approximate surface area is 98.7 Å². The molecule has 1 aromatic rings. The number of anilines is 1. The molecule has 0 amide bonds. The largest absolute Gasteiger partial charge is 0.357 e. The maximum Gasteiger partial charge on any atom is 0.129 e. The molecule has 2 heteroatoms. The molecular formula is C14H22N2. The highest BCUT2D eigenvalue weighted by Gasteiger charge is 2.15. The molecule has 1 aliphatic heterocycles. The van der Waals surface area contributed by atoms with Crippen LogP contribution in [0.1, 0.15) is 50.8 Å². The lowest BCUT2D eigenvalue weighted by molar-refractivity contribution is 0.841. The highest BCUT2D eigenvalue weighted by Crippen LogP contribution is 2.24. The fourth-order valence-corrected chi connectivity index (χ4v) is 2.22. The van der Waals surface area contributed by atoms with Gasteiger partial charge in [0.1, 0.15) is 5.82 Å². The van der Waals surface area contributed by atoms with Gasteiger partial charge in [0.05, 0.1) is 0 Å². The van der Waals surface area contributed by atoms with E-state index in [9.17, 15) is 0 Å². The Kier molecular flexibility index (Phi) is 3.47. The topological polar surface area (TPSA) is 16.1 Å². The average molecular weight is 218 g/mol. The molecule has 0 bridgehead atoms. The number of rotatable bonds is 3. The van der Waals surface area contributed by atoms with Crippen LogP contribution in [0.5, 0.6) is 0 Å². The van der Waals surface area contributed by atoms with Gasteiger partial charge in [-0.05, 0) is 42.9 Å². The van der Waals surface area contributed by atoms with Crippen LogP contribution < -0.4 is 4.90 Å². The number of aryl methyl sites for hydroxylation is 1. The van der Waals surface area contributed by atoms with Crippen molar-refractivity contribution >= 4 is 5.82 Å². The molecule has 2 heterocycles. The summed E-state index contributed by atoms with van der Waals surface area (Å²) in [5, 5.41) is 0. The van der Waals surface area contributed by atoms with Crippen molar-refractivity contribution in [1.29, 1.82) is 0 Å². The van der Waals surface area contributed by atoms with Crippen LogP contribution >= 0.6 is 0 Å². The second-order valence-electron chi connectivity index (χ2n) is 4.95. The Bertz CT molecular complexity index is 352. The van der Waals surface area contributed by atoms with E-state index in [1.807, 2.05) is 0 Å². The third kappa shape index (κ3) is 2.37. The molecule has 0 radical (unpaired) electrons. The highest BCUT2D eigenvalue weighted by atomic mass is 15.2. The Morgan fingerprint density at radius 2 is 1.94 bits per heavy atom. The summed E-state index contributed by atoms with van der Waals surface area (Å²) in [4.78, 5) is 7.16. The monoisotopic (exact) mass is 218 g/mol. The number of hydrogen-bond acceptors (Lipinski definition) is 2. The van der Waals surface area contributed by atoms with Crippen molar-refractivity contribution in [1.82, 2.24) is 4.98 Å². The van der Waals surface area contributed by atoms with Gasteiger partial charge in [0.25, 0.3) is 0 Å². The molecule has 0 atom stereocenters. The third-order valence-corrected chi connectivity index (χ3v) is 3.35. The molecule has 1 aliphatic rings. The van der Waals surface area contributed by atoms with Gasteiger partial charge in [0.2, 0.25) is 0 Å². The van der Waals surface area contributed by atoms with Crippen LogP contribution in [-0.4, -0.2) is 18.1 Å². The zero-order chi connectivity index (χ0) is 11.5. The normalized spacial score (nSPS) is 16.1. The number of hydrogen-bond donors (Lipinski definition) is 0. The van der Waals surface area contributed by atoms with E-state index < -0.39 is 0 Å². The van der Waals surface area contributed by atoms with Gasteiger partial charge < -0.3 is 4.90 Å². The van der Waals surface area contributed by atoms with Gasteiger partial charge in [0, 0.05) is 18.8 Å². The smallest absolute Gasteiger partial charge is 0.129 e. The molecular weight excluding hydrogens is 196 g/mol. The molecule has 2 nitrogen and oxygen atoms in total. The first-order valence-corrected chi connectivity index (χ1v) is 6.46. The predicted octanol–water partition coefficient (Wildman–Crippen LogP) is 3.37. The molecule has 0 aliphatic carbocycles. The van der Waals surface area contributed by atoms with Crippen molar-refractivity contribution in [3.05, 3.63) is 23.4 Å². The van der Waals surface area contributed by atoms with Crippen LogP contribution in [-0.2, 0) is 6.42 Å². The van der Waals surface area contributed by atoms with E-state index in [0.717, 1.165) is 6.42 Å². The van der Waals surface area contributed by atoms with E-state index >= 15 is 0 Å². The van der Waals surface area contributed by atoms with E-state index in [4.69, 9.17) is 4.98 Å². The molecule has 0 aromatic carbocycles. The van der Waals surface area contributed by atoms with E-state index in [-0.39, 0.29) is 0 Å². The maximum atomic E-state index is 4.74. The highest BCUT2D eigenvalue weighted by molar-refractivity contribution is 5.44. The van der Waals surface area contributed by atoms with Crippen LogP contribution in [0.15, 0.2) is 12.1 Å². The first kappa shape index (κ1) is 11.4. The van der Waals surface area contributed by atoms with Gasteiger partial charge in [-0.2, -0.15) is 0 Å². The molecule has 16 heavy (non-hydrogen) atoms. The quantitative estimate of drug-likeness (QED) is 0.773. The van der Waals surface area contributed by atoms with Crippen molar-refractivity contribution in [2.45, 2.75) is 46.0 Å². The molecule has 0 N–H and O–H groups in total. The fourth-order valence-electron chi connectivity index (χ4n) is 2.22. The summed E-state index contributed by atoms with van der Waals surface area (Å²) >= 11 is 0. The lowest BCUT2D eigenvalue weighted by Crippen LogP contribution is -2.19.